The van der Waals surface area contributed by atoms with Gasteiger partial charge in [0.2, 0.25) is 36.2 Å². The maximum Gasteiger partial charge on any atom is 0.316 e. The Kier molecular flexibility index (Phi) is 62.9. The number of nitrogens with zero attached hydrogens (tertiary/aromatic N) is 23. The molecular weight excluding hydrogens is 1710 g/mol. The summed E-state index contributed by atoms with van der Waals surface area (Å²) in [6, 6.07) is 32.5. The highest BCUT2D eigenvalue weighted by Crippen LogP contribution is 2.16. The van der Waals surface area contributed by atoms with Crippen molar-refractivity contribution < 1.29 is 43.2 Å². The summed E-state index contributed by atoms with van der Waals surface area (Å²) in [5.41, 5.74) is 27.9. The lowest BCUT2D eigenvalue weighted by Crippen LogP contribution is -2.39. The summed E-state index contributed by atoms with van der Waals surface area (Å²) >= 11 is 0. The molecule has 0 saturated carbocycles. The van der Waals surface area contributed by atoms with Gasteiger partial charge in [-0.25, -0.2) is 59.2 Å². The maximum atomic E-state index is 12.8. The van der Waals surface area contributed by atoms with Crippen LogP contribution in [-0.2, 0) is 53.5 Å². The second-order valence-electron chi connectivity index (χ2n) is 33.3. The predicted molar refractivity (Wildman–Crippen MR) is 540 cm³/mol. The molecule has 1 atom stereocenters. The molecule has 11 aromatic rings. The van der Waals surface area contributed by atoms with Crippen molar-refractivity contribution in [1.82, 2.24) is 99.1 Å². The topological polar surface area (TPSA) is 390 Å². The number of piperidine rings is 1. The number of amidine groups is 2. The van der Waals surface area contributed by atoms with Crippen molar-refractivity contribution in [3.05, 3.63) is 279 Å². The normalized spacial score (nSPS) is 12.0. The summed E-state index contributed by atoms with van der Waals surface area (Å²) in [7, 11) is 29.2. The molecule has 1 unspecified atom stereocenters. The zero-order valence-corrected chi connectivity index (χ0v) is 86.1. The highest BCUT2D eigenvalue weighted by atomic mass is 19.1. The van der Waals surface area contributed by atoms with E-state index in [-0.39, 0.29) is 5.82 Å². The Bertz CT molecular complexity index is 4810. The van der Waals surface area contributed by atoms with E-state index in [4.69, 9.17) is 46.4 Å². The van der Waals surface area contributed by atoms with Crippen LogP contribution in [0.1, 0.15) is 136 Å². The fraction of sp³-hybridized carbons (Fsp3) is 0.470. The maximum absolute atomic E-state index is 12.8. The van der Waals surface area contributed by atoms with Gasteiger partial charge < -0.3 is 70.0 Å². The summed E-state index contributed by atoms with van der Waals surface area (Å²) in [6.07, 6.45) is 24.5. The third kappa shape index (κ3) is 60.5. The first-order chi connectivity index (χ1) is 64.0. The lowest BCUT2D eigenvalue weighted by atomic mass is 10.1. The number of benzene rings is 1. The summed E-state index contributed by atoms with van der Waals surface area (Å²) in [6.45, 7) is 37.9. The average molecular weight is 1870 g/mol. The van der Waals surface area contributed by atoms with Crippen LogP contribution in [0.2, 0.25) is 0 Å². The first-order valence-corrected chi connectivity index (χ1v) is 44.7. The fourth-order valence-electron chi connectivity index (χ4n) is 11.6. The number of rotatable bonds is 20. The third-order valence-corrected chi connectivity index (χ3v) is 18.7. The Morgan fingerprint density at radius 3 is 1.44 bits per heavy atom. The Balaban J connectivity index is 0.000000733. The summed E-state index contributed by atoms with van der Waals surface area (Å²) in [4.78, 5) is 68.5. The van der Waals surface area contributed by atoms with Gasteiger partial charge >= 0.3 is 6.01 Å². The molecule has 10 aromatic heterocycles. The molecule has 2 fully saturated rings. The number of nitrogen functional groups attached to an aromatic ring is 1. The third-order valence-electron chi connectivity index (χ3n) is 18.7. The molecular formula is C100H159FN28O6+2. The highest BCUT2D eigenvalue weighted by molar-refractivity contribution is 5.76. The minimum absolute atomic E-state index is 0.155. The highest BCUT2D eigenvalue weighted by Gasteiger charge is 2.22. The number of pyridine rings is 5. The number of nitrogens with one attached hydrogen (secondary N) is 3. The molecule has 1 aromatic carbocycles. The molecule has 2 saturated heterocycles. The smallest absolute Gasteiger partial charge is 0.316 e. The number of ether oxygens (including phenoxy) is 4. The van der Waals surface area contributed by atoms with E-state index in [0.29, 0.717) is 61.5 Å². The largest absolute Gasteiger partial charge is 0.464 e. The van der Waals surface area contributed by atoms with Crippen molar-refractivity contribution in [3.63, 3.8) is 0 Å². The molecule has 0 bridgehead atoms. The van der Waals surface area contributed by atoms with E-state index in [1.807, 2.05) is 272 Å². The molecule has 740 valence electrons. The van der Waals surface area contributed by atoms with Gasteiger partial charge in [0, 0.05) is 206 Å². The van der Waals surface area contributed by atoms with Gasteiger partial charge in [-0.3, -0.25) is 36.1 Å². The number of likely N-dealkylation sites (tertiary alicyclic amines) is 2. The van der Waals surface area contributed by atoms with Gasteiger partial charge in [-0.05, 0) is 304 Å². The van der Waals surface area contributed by atoms with Gasteiger partial charge in [0.15, 0.2) is 0 Å². The molecule has 0 radical (unpaired) electrons. The second-order valence-corrected chi connectivity index (χ2v) is 33.3. The van der Waals surface area contributed by atoms with E-state index in [2.05, 4.69) is 116 Å². The number of halogens is 1. The molecule has 2 aliphatic heterocycles. The van der Waals surface area contributed by atoms with Gasteiger partial charge in [-0.2, -0.15) is 0 Å². The number of hydrogen-bond donors (Lipinski definition) is 7. The molecule has 9 N–H and O–H groups in total. The zero-order chi connectivity index (χ0) is 101. The summed E-state index contributed by atoms with van der Waals surface area (Å²) < 4.78 is 35.3. The van der Waals surface area contributed by atoms with Crippen molar-refractivity contribution in [2.45, 2.75) is 168 Å². The summed E-state index contributed by atoms with van der Waals surface area (Å²) in [5, 5.41) is 36.3. The van der Waals surface area contributed by atoms with Crippen LogP contribution in [-0.4, -0.2) is 285 Å². The van der Waals surface area contributed by atoms with Gasteiger partial charge in [0.05, 0.1) is 61.6 Å². The fourth-order valence-corrected chi connectivity index (χ4v) is 11.6. The zero-order valence-electron chi connectivity index (χ0n) is 86.1. The number of aromatic nitrogens is 15. The van der Waals surface area contributed by atoms with Crippen LogP contribution in [0, 0.1) is 92.8 Å². The quantitative estimate of drug-likeness (QED) is 0.0122. The Morgan fingerprint density at radius 1 is 0.496 bits per heavy atom. The van der Waals surface area contributed by atoms with Gasteiger partial charge in [0.25, 0.3) is 0 Å². The Hall–Kier alpha value is -12.3. The van der Waals surface area contributed by atoms with Crippen LogP contribution in [0.25, 0.3) is 0 Å². The molecule has 135 heavy (non-hydrogen) atoms. The van der Waals surface area contributed by atoms with E-state index >= 15 is 0 Å². The van der Waals surface area contributed by atoms with E-state index in [1.54, 1.807) is 89.2 Å². The minimum Gasteiger partial charge on any atom is -0.464 e. The van der Waals surface area contributed by atoms with Gasteiger partial charge in [-0.15, -0.1) is 0 Å². The number of aryl methyl sites for hydroxylation is 11. The average Bonchev–Trinajstić information content (AvgIpc) is 1.71. The SMILES string of the molecule is CCOc1nccc(C)n1.COC1CCN(C(C)=N)C1.COC1CCN(C(C)=N)CC1.COCCNc1nccc(C)n1.Cc1cc[n+](O)c(CN(C)C)c1.Cc1cc[n+](O)cc1CN(C)C.Cc1ccc(F)cc1CN(C)C.Cc1ccnc(CN(C)C)c1.Cc1ccnc(CN(C)C)n1.Cc1ccnc(CN)c1.Cc1ccnc(N(C)C)c1.Cc1ccnc(N)n1.Cc1ccncn1. The molecule has 0 spiro atoms. The molecule has 0 aliphatic carbocycles. The Labute approximate surface area is 804 Å². The van der Waals surface area contributed by atoms with Gasteiger partial charge in [0.1, 0.15) is 23.8 Å². The number of anilines is 3. The van der Waals surface area contributed by atoms with Crippen LogP contribution in [0.3, 0.4) is 0 Å². The van der Waals surface area contributed by atoms with Crippen molar-refractivity contribution >= 4 is 29.4 Å². The minimum atomic E-state index is -0.155. The van der Waals surface area contributed by atoms with Crippen molar-refractivity contribution in [1.29, 1.82) is 10.8 Å². The van der Waals surface area contributed by atoms with E-state index in [0.717, 1.165) is 174 Å². The van der Waals surface area contributed by atoms with Crippen molar-refractivity contribution in [3.8, 4) is 6.01 Å². The van der Waals surface area contributed by atoms with E-state index in [1.165, 1.54) is 34.6 Å². The molecule has 0 amide bonds. The van der Waals surface area contributed by atoms with E-state index in [9.17, 15) is 9.60 Å². The van der Waals surface area contributed by atoms with Crippen LogP contribution in [0.15, 0.2) is 178 Å². The predicted octanol–water partition coefficient (Wildman–Crippen LogP) is 12.9. The second kappa shape index (κ2) is 70.4. The van der Waals surface area contributed by atoms with Crippen LogP contribution in [0.5, 0.6) is 6.01 Å². The number of hydrogen-bond acceptors (Lipinski definition) is 30. The number of nitrogens with two attached hydrogens (primary N) is 2. The summed E-state index contributed by atoms with van der Waals surface area (Å²) in [5.74, 6) is 4.07. The van der Waals surface area contributed by atoms with E-state index < -0.39 is 0 Å². The first-order valence-electron chi connectivity index (χ1n) is 44.7. The standard InChI is InChI=1S/C10H14FN.2C9H15N2O.C9H14N2.C8H13N3O.C8H13N3.C8H16N2O.C8H12N2.C7H14N2O.C7H10N2O.C7H10N2.C5H7N3.C5H6N2/c1-8-4-5-10(11)6-9(8)7-12(2)3;1-8-4-5-11(12)7-9(8)6-10(2)3;1-8-4-5-11(12)9(6-8)7-10(2)3;1-8-4-5-10-9(6-8)7-11(2)3;1-7-3-4-9-8(11-7)10-5-6-12-2;1-7-4-5-9-8(10-7)6-11(2)3;1-7(9)10-5-3-8(11-2)4-6-10;1-7-4-5-9-8(6-7)10(2)3;1-6(8)9-4-3-7(5-9)10-2;1-3-10-7-8-5-4-6(2)9-7;1-6-2-3-9-7(4-6)5-8;1-4-2-3-7-5(6)8-4;1-5-2-3-6-4-7-5/h4-6H,7H2,1-3H3;4-5,7,12H,6H2,1-3H3;4-6,12H,7H2,1-3H3;4-6H,7H2,1-3H3;3-4H,5-6H2,1-2H3,(H,9,10,11);4-5H,6H2,1-3H3;8-9H,3-6H2,1-2H3;4-6H,1-3H3;7-8H,3-5H2,1-2H3;4-5H,3H2,1-2H3;2-4H,5,8H2,1H3;2-3H,1H3,(H2,6,7,8);2-4H,1H3/q;2*+1;;;;;;;;;;. The molecule has 34 nitrogen and oxygen atoms in total. The number of methoxy groups -OCH3 is 3. The van der Waals surface area contributed by atoms with Crippen LogP contribution >= 0.6 is 0 Å². The van der Waals surface area contributed by atoms with Crippen LogP contribution < -0.4 is 35.9 Å². The van der Waals surface area contributed by atoms with Crippen molar-refractivity contribution in [2.24, 2.45) is 5.73 Å². The van der Waals surface area contributed by atoms with Gasteiger partial charge in [-0.1, -0.05) is 6.07 Å². The molecule has 13 rings (SSSR count). The molecule has 35 heteroatoms. The lowest BCUT2D eigenvalue weighted by molar-refractivity contribution is -0.910. The monoisotopic (exact) mass is 1870 g/mol. The lowest BCUT2D eigenvalue weighted by Gasteiger charge is -2.31. The van der Waals surface area contributed by atoms with Crippen molar-refractivity contribution in [2.75, 3.05) is 168 Å². The molecule has 2 aliphatic rings. The first kappa shape index (κ1) is 121. The molecule has 12 heterocycles. The Morgan fingerprint density at radius 2 is 0.993 bits per heavy atom. The van der Waals surface area contributed by atoms with Crippen LogP contribution in [0.4, 0.5) is 22.1 Å².